The van der Waals surface area contributed by atoms with Crippen molar-refractivity contribution in [3.05, 3.63) is 42.6 Å². The molecule has 14 heavy (non-hydrogen) atoms. The molecular formula is C12H11NO. The number of ether oxygens (including phenoxy) is 1. The number of fused-ring (bicyclic) bond motifs is 1. The summed E-state index contributed by atoms with van der Waals surface area (Å²) in [4.78, 5) is 4.40. The number of hydrogen-bond acceptors (Lipinski definition) is 2. The molecule has 0 aliphatic rings. The Morgan fingerprint density at radius 3 is 2.86 bits per heavy atom. The fraction of sp³-hybridized carbons (Fsp3) is 0.0833. The van der Waals surface area contributed by atoms with Crippen molar-refractivity contribution in [1.29, 1.82) is 0 Å². The van der Waals surface area contributed by atoms with Gasteiger partial charge in [-0.1, -0.05) is 12.6 Å². The van der Waals surface area contributed by atoms with E-state index in [4.69, 9.17) is 4.74 Å². The van der Waals surface area contributed by atoms with Gasteiger partial charge in [-0.05, 0) is 30.3 Å². The highest BCUT2D eigenvalue weighted by Gasteiger charge is 1.97. The minimum atomic E-state index is 0.852. The molecule has 0 N–H and O–H groups in total. The van der Waals surface area contributed by atoms with Crippen molar-refractivity contribution in [3.8, 4) is 5.75 Å². The summed E-state index contributed by atoms with van der Waals surface area (Å²) in [5.74, 6) is 0.852. The maximum atomic E-state index is 5.13. The van der Waals surface area contributed by atoms with Crippen molar-refractivity contribution in [2.24, 2.45) is 0 Å². The first-order chi connectivity index (χ1) is 6.83. The second-order valence-electron chi connectivity index (χ2n) is 3.00. The van der Waals surface area contributed by atoms with Gasteiger partial charge in [-0.3, -0.25) is 0 Å². The lowest BCUT2D eigenvalue weighted by molar-refractivity contribution is 0.415. The third-order valence-corrected chi connectivity index (χ3v) is 2.13. The van der Waals surface area contributed by atoms with E-state index >= 15 is 0 Å². The Hall–Kier alpha value is -1.83. The summed E-state index contributed by atoms with van der Waals surface area (Å²) in [5, 5.41) is 1.08. The van der Waals surface area contributed by atoms with Gasteiger partial charge in [0, 0.05) is 5.39 Å². The number of aromatic nitrogens is 1. The van der Waals surface area contributed by atoms with Crippen LogP contribution < -0.4 is 4.74 Å². The molecule has 1 aromatic heterocycles. The molecule has 0 fully saturated rings. The highest BCUT2D eigenvalue weighted by atomic mass is 16.5. The van der Waals surface area contributed by atoms with E-state index in [2.05, 4.69) is 11.6 Å². The minimum absolute atomic E-state index is 0.852. The smallest absolute Gasteiger partial charge is 0.119 e. The van der Waals surface area contributed by atoms with Gasteiger partial charge in [0.15, 0.2) is 0 Å². The predicted octanol–water partition coefficient (Wildman–Crippen LogP) is 2.89. The molecule has 0 spiro atoms. The third-order valence-electron chi connectivity index (χ3n) is 2.13. The van der Waals surface area contributed by atoms with Crippen molar-refractivity contribution in [3.63, 3.8) is 0 Å². The lowest BCUT2D eigenvalue weighted by atomic mass is 10.2. The maximum absolute atomic E-state index is 5.13. The van der Waals surface area contributed by atoms with Gasteiger partial charge in [0.1, 0.15) is 5.75 Å². The van der Waals surface area contributed by atoms with Crippen LogP contribution in [-0.2, 0) is 0 Å². The summed E-state index contributed by atoms with van der Waals surface area (Å²) in [5.41, 5.74) is 1.85. The maximum Gasteiger partial charge on any atom is 0.119 e. The monoisotopic (exact) mass is 185 g/mol. The lowest BCUT2D eigenvalue weighted by Crippen LogP contribution is -1.85. The minimum Gasteiger partial charge on any atom is -0.497 e. The van der Waals surface area contributed by atoms with Crippen molar-refractivity contribution >= 4 is 17.0 Å². The Kier molecular flexibility index (Phi) is 2.19. The molecule has 1 heterocycles. The van der Waals surface area contributed by atoms with Crippen LogP contribution in [0.5, 0.6) is 5.75 Å². The van der Waals surface area contributed by atoms with Gasteiger partial charge in [-0.25, -0.2) is 4.98 Å². The average molecular weight is 185 g/mol. The van der Waals surface area contributed by atoms with Crippen LogP contribution in [0.4, 0.5) is 0 Å². The fourth-order valence-electron chi connectivity index (χ4n) is 1.36. The third kappa shape index (κ3) is 1.46. The van der Waals surface area contributed by atoms with Crippen LogP contribution in [0.3, 0.4) is 0 Å². The quantitative estimate of drug-likeness (QED) is 0.717. The Morgan fingerprint density at radius 1 is 1.29 bits per heavy atom. The highest BCUT2D eigenvalue weighted by molar-refractivity contribution is 5.81. The van der Waals surface area contributed by atoms with Crippen molar-refractivity contribution in [2.75, 3.05) is 7.11 Å². The topological polar surface area (TPSA) is 22.1 Å². The summed E-state index contributed by atoms with van der Waals surface area (Å²) in [6.07, 6.45) is 1.74. The zero-order chi connectivity index (χ0) is 9.97. The second kappa shape index (κ2) is 3.50. The summed E-state index contributed by atoms with van der Waals surface area (Å²) in [6.45, 7) is 3.68. The van der Waals surface area contributed by atoms with E-state index in [-0.39, 0.29) is 0 Å². The van der Waals surface area contributed by atoms with Crippen molar-refractivity contribution < 1.29 is 4.74 Å². The van der Waals surface area contributed by atoms with Gasteiger partial charge in [0.2, 0.25) is 0 Å². The molecule has 0 atom stereocenters. The molecule has 70 valence electrons. The molecule has 2 nitrogen and oxygen atoms in total. The summed E-state index contributed by atoms with van der Waals surface area (Å²) in [6, 6.07) is 9.77. The number of benzene rings is 1. The number of methoxy groups -OCH3 is 1. The standard InChI is InChI=1S/C12H11NO/c1-3-10-5-4-9-8-11(14-2)6-7-12(9)13-10/h3-8H,1H2,2H3. The van der Waals surface area contributed by atoms with Gasteiger partial charge < -0.3 is 4.74 Å². The number of hydrogen-bond donors (Lipinski definition) is 0. The number of nitrogens with zero attached hydrogens (tertiary/aromatic N) is 1. The molecule has 0 saturated heterocycles. The molecule has 0 radical (unpaired) electrons. The van der Waals surface area contributed by atoms with E-state index in [1.54, 1.807) is 13.2 Å². The van der Waals surface area contributed by atoms with Crippen LogP contribution in [0, 0.1) is 0 Å². The lowest BCUT2D eigenvalue weighted by Gasteiger charge is -2.02. The first-order valence-corrected chi connectivity index (χ1v) is 4.41. The van der Waals surface area contributed by atoms with Crippen LogP contribution in [0.25, 0.3) is 17.0 Å². The van der Waals surface area contributed by atoms with Gasteiger partial charge in [0.05, 0.1) is 18.3 Å². The first-order valence-electron chi connectivity index (χ1n) is 4.41. The predicted molar refractivity (Wildman–Crippen MR) is 58.4 cm³/mol. The largest absolute Gasteiger partial charge is 0.497 e. The molecule has 0 saturated carbocycles. The van der Waals surface area contributed by atoms with Crippen LogP contribution in [0.2, 0.25) is 0 Å². The Morgan fingerprint density at radius 2 is 2.14 bits per heavy atom. The van der Waals surface area contributed by atoms with E-state index in [0.717, 1.165) is 22.3 Å². The fourth-order valence-corrected chi connectivity index (χ4v) is 1.36. The van der Waals surface area contributed by atoms with Crippen molar-refractivity contribution in [1.82, 2.24) is 4.98 Å². The molecule has 0 aliphatic carbocycles. The molecule has 2 rings (SSSR count). The Bertz CT molecular complexity index is 477. The molecule has 0 amide bonds. The average Bonchev–Trinajstić information content (AvgIpc) is 2.27. The van der Waals surface area contributed by atoms with Crippen LogP contribution in [-0.4, -0.2) is 12.1 Å². The summed E-state index contributed by atoms with van der Waals surface area (Å²) < 4.78 is 5.13. The number of pyridine rings is 1. The second-order valence-corrected chi connectivity index (χ2v) is 3.00. The zero-order valence-corrected chi connectivity index (χ0v) is 8.03. The molecule has 1 aromatic carbocycles. The Balaban J connectivity index is 2.63. The SMILES string of the molecule is C=Cc1ccc2cc(OC)ccc2n1. The van der Waals surface area contributed by atoms with Gasteiger partial charge in [-0.15, -0.1) is 0 Å². The van der Waals surface area contributed by atoms with E-state index < -0.39 is 0 Å². The van der Waals surface area contributed by atoms with Gasteiger partial charge in [-0.2, -0.15) is 0 Å². The van der Waals surface area contributed by atoms with E-state index in [0.29, 0.717) is 0 Å². The summed E-state index contributed by atoms with van der Waals surface area (Å²) in [7, 11) is 1.66. The Labute approximate surface area is 82.9 Å². The van der Waals surface area contributed by atoms with E-state index in [1.807, 2.05) is 30.3 Å². The molecule has 0 unspecified atom stereocenters. The van der Waals surface area contributed by atoms with Gasteiger partial charge in [0.25, 0.3) is 0 Å². The van der Waals surface area contributed by atoms with Gasteiger partial charge >= 0.3 is 0 Å². The molecule has 0 aliphatic heterocycles. The number of rotatable bonds is 2. The first kappa shape index (κ1) is 8.75. The molecule has 2 aromatic rings. The molecule has 2 heteroatoms. The molecule has 0 bridgehead atoms. The highest BCUT2D eigenvalue weighted by Crippen LogP contribution is 2.19. The van der Waals surface area contributed by atoms with Crippen LogP contribution in [0.15, 0.2) is 36.9 Å². The van der Waals surface area contributed by atoms with E-state index in [1.165, 1.54) is 0 Å². The van der Waals surface area contributed by atoms with Crippen LogP contribution >= 0.6 is 0 Å². The molecular weight excluding hydrogens is 174 g/mol. The van der Waals surface area contributed by atoms with E-state index in [9.17, 15) is 0 Å². The van der Waals surface area contributed by atoms with Crippen LogP contribution in [0.1, 0.15) is 5.69 Å². The normalized spacial score (nSPS) is 10.1. The zero-order valence-electron chi connectivity index (χ0n) is 8.03. The summed E-state index contributed by atoms with van der Waals surface area (Å²) >= 11 is 0. The van der Waals surface area contributed by atoms with Crippen molar-refractivity contribution in [2.45, 2.75) is 0 Å².